The standard InChI is InChI=1S/C17H19BrSi/c1-17(2)13-7-5-6-8-15(13)19(3,4)16-10-9-12(18)11-14(16)17/h5-11H,1-4H3. The van der Waals surface area contributed by atoms with Gasteiger partial charge in [0, 0.05) is 9.89 Å². The smallest absolute Gasteiger partial charge is 0.0623 e. The lowest BCUT2D eigenvalue weighted by Gasteiger charge is -2.42. The van der Waals surface area contributed by atoms with Crippen LogP contribution in [0.5, 0.6) is 0 Å². The van der Waals surface area contributed by atoms with E-state index in [1.54, 1.807) is 10.4 Å². The van der Waals surface area contributed by atoms with Gasteiger partial charge in [-0.1, -0.05) is 83.6 Å². The summed E-state index contributed by atoms with van der Waals surface area (Å²) < 4.78 is 1.18. The monoisotopic (exact) mass is 330 g/mol. The van der Waals surface area contributed by atoms with Crippen molar-refractivity contribution in [1.29, 1.82) is 0 Å². The first kappa shape index (κ1) is 13.1. The molecule has 98 valence electrons. The van der Waals surface area contributed by atoms with Crippen LogP contribution in [0.2, 0.25) is 13.1 Å². The van der Waals surface area contributed by atoms with Crippen LogP contribution in [0.1, 0.15) is 25.0 Å². The van der Waals surface area contributed by atoms with Gasteiger partial charge in [-0.25, -0.2) is 0 Å². The quantitative estimate of drug-likeness (QED) is 0.642. The SMILES string of the molecule is CC1(C)c2ccccc2[Si](C)(C)c2ccc(Br)cc21. The summed E-state index contributed by atoms with van der Waals surface area (Å²) in [5.74, 6) is 0. The molecule has 3 rings (SSSR count). The second-order valence-electron chi connectivity index (χ2n) is 6.49. The minimum absolute atomic E-state index is 0.0955. The lowest BCUT2D eigenvalue weighted by Crippen LogP contribution is -2.61. The number of fused-ring (bicyclic) bond motifs is 2. The second-order valence-corrected chi connectivity index (χ2v) is 11.7. The Kier molecular flexibility index (Phi) is 2.81. The highest BCUT2D eigenvalue weighted by Gasteiger charge is 2.42. The van der Waals surface area contributed by atoms with Crippen molar-refractivity contribution in [3.05, 3.63) is 58.1 Å². The fourth-order valence-electron chi connectivity index (χ4n) is 3.44. The summed E-state index contributed by atoms with van der Waals surface area (Å²) in [6.45, 7) is 9.63. The van der Waals surface area contributed by atoms with Gasteiger partial charge in [0.1, 0.15) is 8.07 Å². The average molecular weight is 331 g/mol. The molecule has 0 radical (unpaired) electrons. The van der Waals surface area contributed by atoms with Gasteiger partial charge in [-0.15, -0.1) is 0 Å². The number of rotatable bonds is 0. The van der Waals surface area contributed by atoms with Crippen LogP contribution in [0.4, 0.5) is 0 Å². The molecule has 1 aliphatic rings. The van der Waals surface area contributed by atoms with Crippen LogP contribution in [0.15, 0.2) is 46.9 Å². The van der Waals surface area contributed by atoms with Gasteiger partial charge in [0.2, 0.25) is 0 Å². The average Bonchev–Trinajstić information content (AvgIpc) is 2.37. The largest absolute Gasteiger partial charge is 0.113 e. The van der Waals surface area contributed by atoms with Gasteiger partial charge in [0.15, 0.2) is 0 Å². The highest BCUT2D eigenvalue weighted by Crippen LogP contribution is 2.36. The van der Waals surface area contributed by atoms with E-state index in [1.807, 2.05) is 0 Å². The van der Waals surface area contributed by atoms with Crippen molar-refractivity contribution in [2.45, 2.75) is 32.4 Å². The summed E-state index contributed by atoms with van der Waals surface area (Å²) in [7, 11) is -1.56. The number of halogens is 1. The van der Waals surface area contributed by atoms with Crippen molar-refractivity contribution in [3.63, 3.8) is 0 Å². The lowest BCUT2D eigenvalue weighted by atomic mass is 9.77. The zero-order valence-corrected chi connectivity index (χ0v) is 14.5. The van der Waals surface area contributed by atoms with E-state index in [-0.39, 0.29) is 5.41 Å². The number of hydrogen-bond donors (Lipinski definition) is 0. The molecule has 2 aromatic rings. The van der Waals surface area contributed by atoms with E-state index in [2.05, 4.69) is 85.3 Å². The van der Waals surface area contributed by atoms with Crippen LogP contribution >= 0.6 is 15.9 Å². The second kappa shape index (κ2) is 4.06. The van der Waals surface area contributed by atoms with Crippen LogP contribution < -0.4 is 10.4 Å². The summed E-state index contributed by atoms with van der Waals surface area (Å²) in [5.41, 5.74) is 3.10. The molecule has 19 heavy (non-hydrogen) atoms. The first-order valence-electron chi connectivity index (χ1n) is 6.75. The predicted molar refractivity (Wildman–Crippen MR) is 89.5 cm³/mol. The summed E-state index contributed by atoms with van der Waals surface area (Å²) in [6, 6.07) is 15.9. The van der Waals surface area contributed by atoms with Gasteiger partial charge in [-0.2, -0.15) is 0 Å². The van der Waals surface area contributed by atoms with E-state index in [1.165, 1.54) is 15.6 Å². The minimum atomic E-state index is -1.56. The third-order valence-electron chi connectivity index (χ3n) is 4.60. The lowest BCUT2D eigenvalue weighted by molar-refractivity contribution is 0.644. The van der Waals surface area contributed by atoms with E-state index in [9.17, 15) is 0 Å². The van der Waals surface area contributed by atoms with Crippen LogP contribution in [-0.4, -0.2) is 8.07 Å². The van der Waals surface area contributed by atoms with E-state index < -0.39 is 8.07 Å². The molecule has 1 aliphatic heterocycles. The van der Waals surface area contributed by atoms with Crippen molar-refractivity contribution in [3.8, 4) is 0 Å². The van der Waals surface area contributed by atoms with Crippen molar-refractivity contribution >= 4 is 34.4 Å². The summed E-state index contributed by atoms with van der Waals surface area (Å²) in [5, 5.41) is 3.18. The molecule has 2 aromatic carbocycles. The Hall–Kier alpha value is -0.863. The first-order valence-corrected chi connectivity index (χ1v) is 10.5. The molecule has 1 heterocycles. The van der Waals surface area contributed by atoms with Crippen molar-refractivity contribution in [2.75, 3.05) is 0 Å². The zero-order chi connectivity index (χ0) is 13.8. The predicted octanol–water partition coefficient (Wildman–Crippen LogP) is 3.91. The summed E-state index contributed by atoms with van der Waals surface area (Å²) >= 11 is 3.63. The van der Waals surface area contributed by atoms with Gasteiger partial charge in [0.25, 0.3) is 0 Å². The fraction of sp³-hybridized carbons (Fsp3) is 0.294. The van der Waals surface area contributed by atoms with E-state index in [4.69, 9.17) is 0 Å². The molecule has 0 N–H and O–H groups in total. The molecule has 0 amide bonds. The van der Waals surface area contributed by atoms with Crippen LogP contribution in [-0.2, 0) is 5.41 Å². The maximum Gasteiger partial charge on any atom is 0.113 e. The van der Waals surface area contributed by atoms with Crippen LogP contribution in [0, 0.1) is 0 Å². The molecule has 0 nitrogen and oxygen atoms in total. The van der Waals surface area contributed by atoms with Gasteiger partial charge in [-0.3, -0.25) is 0 Å². The van der Waals surface area contributed by atoms with E-state index >= 15 is 0 Å². The zero-order valence-electron chi connectivity index (χ0n) is 11.9. The van der Waals surface area contributed by atoms with Gasteiger partial charge in [-0.05, 0) is 23.3 Å². The topological polar surface area (TPSA) is 0 Å². The van der Waals surface area contributed by atoms with E-state index in [0.717, 1.165) is 0 Å². The van der Waals surface area contributed by atoms with Crippen LogP contribution in [0.25, 0.3) is 0 Å². The molecule has 0 aliphatic carbocycles. The Balaban J connectivity index is 2.40. The van der Waals surface area contributed by atoms with Gasteiger partial charge >= 0.3 is 0 Å². The summed E-state index contributed by atoms with van der Waals surface area (Å²) in [4.78, 5) is 0. The van der Waals surface area contributed by atoms with Crippen molar-refractivity contribution in [1.82, 2.24) is 0 Å². The minimum Gasteiger partial charge on any atom is -0.0623 e. The van der Waals surface area contributed by atoms with Crippen LogP contribution in [0.3, 0.4) is 0 Å². The molecule has 0 bridgehead atoms. The van der Waals surface area contributed by atoms with Gasteiger partial charge in [0.05, 0.1) is 0 Å². The van der Waals surface area contributed by atoms with Crippen molar-refractivity contribution < 1.29 is 0 Å². The van der Waals surface area contributed by atoms with Gasteiger partial charge < -0.3 is 0 Å². The summed E-state index contributed by atoms with van der Waals surface area (Å²) in [6.07, 6.45) is 0. The number of hydrogen-bond acceptors (Lipinski definition) is 0. The molecular weight excluding hydrogens is 312 g/mol. The van der Waals surface area contributed by atoms with Crippen molar-refractivity contribution in [2.24, 2.45) is 0 Å². The molecule has 0 aromatic heterocycles. The molecule has 0 saturated heterocycles. The maximum absolute atomic E-state index is 3.63. The highest BCUT2D eigenvalue weighted by atomic mass is 79.9. The normalized spacial score (nSPS) is 18.6. The third kappa shape index (κ3) is 1.77. The fourth-order valence-corrected chi connectivity index (χ4v) is 7.23. The molecule has 0 unspecified atom stereocenters. The highest BCUT2D eigenvalue weighted by molar-refractivity contribution is 9.10. The third-order valence-corrected chi connectivity index (χ3v) is 8.66. The Bertz CT molecular complexity index is 656. The molecule has 0 atom stereocenters. The molecule has 0 fully saturated rings. The number of benzene rings is 2. The molecule has 0 saturated carbocycles. The Morgan fingerprint density at radius 2 is 1.53 bits per heavy atom. The Morgan fingerprint density at radius 1 is 0.895 bits per heavy atom. The Labute approximate surface area is 125 Å². The molecular formula is C17H19BrSi. The Morgan fingerprint density at radius 3 is 2.26 bits per heavy atom. The maximum atomic E-state index is 3.63. The first-order chi connectivity index (χ1) is 8.85. The van der Waals surface area contributed by atoms with E-state index in [0.29, 0.717) is 0 Å². The molecule has 0 spiro atoms. The molecule has 2 heteroatoms.